The number of halogens is 3. The van der Waals surface area contributed by atoms with Crippen LogP contribution in [0.5, 0.6) is 0 Å². The van der Waals surface area contributed by atoms with Crippen LogP contribution in [-0.4, -0.2) is 9.97 Å². The van der Waals surface area contributed by atoms with Crippen LogP contribution in [0.25, 0.3) is 0 Å². The minimum atomic E-state index is -2.56. The molecule has 106 valence electrons. The minimum absolute atomic E-state index is 0.0584. The van der Waals surface area contributed by atoms with E-state index in [4.69, 9.17) is 11.6 Å². The van der Waals surface area contributed by atoms with Crippen molar-refractivity contribution in [3.63, 3.8) is 0 Å². The van der Waals surface area contributed by atoms with E-state index >= 15 is 0 Å². The van der Waals surface area contributed by atoms with Gasteiger partial charge in [-0.1, -0.05) is 29.4 Å². The normalized spacial score (nSPS) is 11.1. The minimum Gasteiger partial charge on any atom is -0.301 e. The van der Waals surface area contributed by atoms with E-state index in [1.807, 2.05) is 0 Å². The molecule has 1 aromatic heterocycles. The van der Waals surface area contributed by atoms with E-state index in [9.17, 15) is 13.6 Å². The van der Waals surface area contributed by atoms with Crippen molar-refractivity contribution in [2.24, 2.45) is 0 Å². The van der Waals surface area contributed by atoms with Crippen molar-refractivity contribution in [2.45, 2.75) is 24.3 Å². The molecule has 0 aliphatic rings. The quantitative estimate of drug-likeness (QED) is 0.686. The van der Waals surface area contributed by atoms with E-state index in [1.54, 1.807) is 6.92 Å². The molecule has 0 aliphatic carbocycles. The van der Waals surface area contributed by atoms with Crippen LogP contribution in [0.2, 0.25) is 5.02 Å². The lowest BCUT2D eigenvalue weighted by atomic mass is 10.1. The summed E-state index contributed by atoms with van der Waals surface area (Å²) < 4.78 is 25.8. The average molecular weight is 317 g/mol. The summed E-state index contributed by atoms with van der Waals surface area (Å²) in [4.78, 5) is 18.0. The number of alkyl halides is 2. The summed E-state index contributed by atoms with van der Waals surface area (Å²) in [6.07, 6.45) is -2.56. The second-order valence-electron chi connectivity index (χ2n) is 4.12. The second-order valence-corrected chi connectivity index (χ2v) is 5.52. The Morgan fingerprint density at radius 3 is 2.80 bits per heavy atom. The van der Waals surface area contributed by atoms with Gasteiger partial charge < -0.3 is 4.98 Å². The lowest BCUT2D eigenvalue weighted by Crippen LogP contribution is -2.08. The van der Waals surface area contributed by atoms with E-state index in [0.29, 0.717) is 21.4 Å². The summed E-state index contributed by atoms with van der Waals surface area (Å²) in [7, 11) is 0. The largest absolute Gasteiger partial charge is 0.301 e. The number of hydrogen-bond acceptors (Lipinski definition) is 3. The average Bonchev–Trinajstić information content (AvgIpc) is 2.35. The van der Waals surface area contributed by atoms with Crippen molar-refractivity contribution in [1.82, 2.24) is 9.97 Å². The molecule has 0 fully saturated rings. The Morgan fingerprint density at radius 1 is 1.40 bits per heavy atom. The molecule has 0 radical (unpaired) electrons. The van der Waals surface area contributed by atoms with Gasteiger partial charge in [-0.05, 0) is 24.6 Å². The maximum Gasteiger partial charge on any atom is 0.264 e. The van der Waals surface area contributed by atoms with Crippen LogP contribution in [0.3, 0.4) is 0 Å². The first-order valence-corrected chi connectivity index (χ1v) is 7.09. The number of H-pyrrole nitrogens is 1. The second kappa shape index (κ2) is 6.37. The smallest absolute Gasteiger partial charge is 0.264 e. The third-order valence-corrected chi connectivity index (χ3v) is 3.71. The first-order chi connectivity index (χ1) is 9.45. The van der Waals surface area contributed by atoms with E-state index in [1.165, 1.54) is 36.0 Å². The Bertz CT molecular complexity index is 676. The number of aryl methyl sites for hydroxylation is 1. The molecule has 0 spiro atoms. The molecule has 0 aliphatic heterocycles. The van der Waals surface area contributed by atoms with E-state index in [0.717, 1.165) is 0 Å². The number of thioether (sulfide) groups is 1. The molecule has 0 unspecified atom stereocenters. The zero-order valence-corrected chi connectivity index (χ0v) is 12.1. The van der Waals surface area contributed by atoms with Crippen LogP contribution in [0.15, 0.2) is 34.2 Å². The molecule has 2 rings (SSSR count). The number of benzene rings is 1. The molecule has 0 saturated carbocycles. The summed E-state index contributed by atoms with van der Waals surface area (Å²) in [5.41, 5.74) is 0.690. The van der Waals surface area contributed by atoms with Gasteiger partial charge in [-0.25, -0.2) is 13.8 Å². The van der Waals surface area contributed by atoms with Crippen LogP contribution in [0, 0.1) is 6.92 Å². The highest BCUT2D eigenvalue weighted by Gasteiger charge is 2.13. The van der Waals surface area contributed by atoms with Crippen molar-refractivity contribution in [3.8, 4) is 0 Å². The summed E-state index contributed by atoms with van der Waals surface area (Å²) in [5, 5.41) is 0.797. The predicted octanol–water partition coefficient (Wildman–Crippen LogP) is 3.96. The molecule has 7 heteroatoms. The van der Waals surface area contributed by atoms with Gasteiger partial charge in [0, 0.05) is 28.1 Å². The molecule has 1 heterocycles. The fraction of sp³-hybridized carbons (Fsp3) is 0.231. The van der Waals surface area contributed by atoms with Crippen molar-refractivity contribution in [2.75, 3.05) is 0 Å². The number of hydrogen-bond donors (Lipinski definition) is 1. The van der Waals surface area contributed by atoms with E-state index in [-0.39, 0.29) is 16.9 Å². The molecular weight excluding hydrogens is 306 g/mol. The van der Waals surface area contributed by atoms with Crippen molar-refractivity contribution >= 4 is 23.4 Å². The molecule has 2 aromatic rings. The summed E-state index contributed by atoms with van der Waals surface area (Å²) in [6, 6.07) is 5.62. The maximum absolute atomic E-state index is 12.9. The fourth-order valence-corrected chi connectivity index (χ4v) is 2.80. The van der Waals surface area contributed by atoms with Crippen LogP contribution < -0.4 is 5.56 Å². The zero-order chi connectivity index (χ0) is 14.7. The fourth-order valence-electron chi connectivity index (χ4n) is 1.68. The monoisotopic (exact) mass is 316 g/mol. The first kappa shape index (κ1) is 15.0. The third-order valence-electron chi connectivity index (χ3n) is 2.55. The summed E-state index contributed by atoms with van der Waals surface area (Å²) >= 11 is 7.01. The number of rotatable bonds is 4. The number of aromatic nitrogens is 2. The van der Waals surface area contributed by atoms with Gasteiger partial charge in [0.1, 0.15) is 0 Å². The van der Waals surface area contributed by atoms with Crippen LogP contribution in [0.4, 0.5) is 8.78 Å². The topological polar surface area (TPSA) is 45.8 Å². The SMILES string of the molecule is Cc1cc(=O)[nH]c(SCc2cc(Cl)ccc2C(F)F)n1. The van der Waals surface area contributed by atoms with Crippen LogP contribution in [-0.2, 0) is 5.75 Å². The molecule has 20 heavy (non-hydrogen) atoms. The van der Waals surface area contributed by atoms with Gasteiger partial charge in [-0.2, -0.15) is 0 Å². The van der Waals surface area contributed by atoms with Crippen molar-refractivity contribution < 1.29 is 8.78 Å². The summed E-state index contributed by atoms with van der Waals surface area (Å²) in [5.74, 6) is 0.257. The number of nitrogens with zero attached hydrogens (tertiary/aromatic N) is 1. The van der Waals surface area contributed by atoms with Crippen molar-refractivity contribution in [3.05, 3.63) is 56.5 Å². The van der Waals surface area contributed by atoms with Crippen LogP contribution >= 0.6 is 23.4 Å². The van der Waals surface area contributed by atoms with Gasteiger partial charge in [0.25, 0.3) is 12.0 Å². The van der Waals surface area contributed by atoms with Gasteiger partial charge in [-0.3, -0.25) is 4.79 Å². The number of aromatic amines is 1. The lowest BCUT2D eigenvalue weighted by Gasteiger charge is -2.09. The van der Waals surface area contributed by atoms with Crippen LogP contribution in [0.1, 0.15) is 23.2 Å². The molecule has 0 atom stereocenters. The molecule has 0 amide bonds. The molecule has 1 N–H and O–H groups in total. The Hall–Kier alpha value is -1.40. The first-order valence-electron chi connectivity index (χ1n) is 5.73. The predicted molar refractivity (Wildman–Crippen MR) is 75.6 cm³/mol. The molecular formula is C13H11ClF2N2OS. The third kappa shape index (κ3) is 3.80. The maximum atomic E-state index is 12.9. The Kier molecular flexibility index (Phi) is 4.77. The Morgan fingerprint density at radius 2 is 2.15 bits per heavy atom. The zero-order valence-electron chi connectivity index (χ0n) is 10.5. The van der Waals surface area contributed by atoms with Gasteiger partial charge in [0.2, 0.25) is 0 Å². The molecule has 3 nitrogen and oxygen atoms in total. The lowest BCUT2D eigenvalue weighted by molar-refractivity contribution is 0.150. The van der Waals surface area contributed by atoms with E-state index < -0.39 is 6.43 Å². The molecule has 0 saturated heterocycles. The van der Waals surface area contributed by atoms with Gasteiger partial charge in [-0.15, -0.1) is 0 Å². The Labute approximate surface area is 123 Å². The molecule has 1 aromatic carbocycles. The Balaban J connectivity index is 2.22. The number of nitrogens with one attached hydrogen (secondary N) is 1. The standard InChI is InChI=1S/C13H11ClF2N2OS/c1-7-4-11(19)18-13(17-7)20-6-8-5-9(14)2-3-10(8)12(15)16/h2-5,12H,6H2,1H3,(H,17,18,19). The molecule has 0 bridgehead atoms. The highest BCUT2D eigenvalue weighted by molar-refractivity contribution is 7.98. The highest BCUT2D eigenvalue weighted by Crippen LogP contribution is 2.29. The van der Waals surface area contributed by atoms with Gasteiger partial charge in [0.15, 0.2) is 5.16 Å². The van der Waals surface area contributed by atoms with Gasteiger partial charge in [0.05, 0.1) is 0 Å². The van der Waals surface area contributed by atoms with Gasteiger partial charge >= 0.3 is 0 Å². The highest BCUT2D eigenvalue weighted by atomic mass is 35.5. The van der Waals surface area contributed by atoms with E-state index in [2.05, 4.69) is 9.97 Å². The summed E-state index contributed by atoms with van der Waals surface area (Å²) in [6.45, 7) is 1.70. The van der Waals surface area contributed by atoms with Crippen molar-refractivity contribution in [1.29, 1.82) is 0 Å².